The van der Waals surface area contributed by atoms with Gasteiger partial charge in [-0.2, -0.15) is 10.1 Å². The first-order chi connectivity index (χ1) is 26.6. The molecule has 3 aromatic heterocycles. The third-order valence-electron chi connectivity index (χ3n) is 8.30. The van der Waals surface area contributed by atoms with E-state index in [4.69, 9.17) is 47.2 Å². The molecule has 2 N–H and O–H groups in total. The van der Waals surface area contributed by atoms with Crippen molar-refractivity contribution in [3.8, 4) is 17.3 Å². The molecule has 3 heterocycles. The Kier molecular flexibility index (Phi) is 13.3. The number of benzene rings is 2. The number of aromatic nitrogens is 5. The summed E-state index contributed by atoms with van der Waals surface area (Å²) in [5.41, 5.74) is 1.94. The lowest BCUT2D eigenvalue weighted by Gasteiger charge is -2.24. The number of methoxy groups -OCH3 is 2. The summed E-state index contributed by atoms with van der Waals surface area (Å²) in [6, 6.07) is 15.1. The highest BCUT2D eigenvalue weighted by atomic mass is 35.5. The van der Waals surface area contributed by atoms with Gasteiger partial charge < -0.3 is 34.1 Å². The summed E-state index contributed by atoms with van der Waals surface area (Å²) in [5, 5.41) is 11.9. The van der Waals surface area contributed by atoms with Crippen LogP contribution >= 0.6 is 23.2 Å². The molecule has 14 nitrogen and oxygen atoms in total. The van der Waals surface area contributed by atoms with Gasteiger partial charge in [-0.25, -0.2) is 14.5 Å². The highest BCUT2D eigenvalue weighted by Crippen LogP contribution is 2.38. The summed E-state index contributed by atoms with van der Waals surface area (Å²) in [6.45, 7) is 11.0. The Labute approximate surface area is 335 Å². The van der Waals surface area contributed by atoms with Crippen LogP contribution in [0, 0.1) is 0 Å². The van der Waals surface area contributed by atoms with Gasteiger partial charge in [0.15, 0.2) is 5.69 Å². The van der Waals surface area contributed by atoms with Crippen molar-refractivity contribution in [1.82, 2.24) is 24.3 Å². The van der Waals surface area contributed by atoms with Gasteiger partial charge in [-0.3, -0.25) is 9.59 Å². The second-order valence-corrected chi connectivity index (χ2v) is 14.8. The number of rotatable bonds is 15. The van der Waals surface area contributed by atoms with Gasteiger partial charge in [0.2, 0.25) is 11.8 Å². The van der Waals surface area contributed by atoms with Crippen molar-refractivity contribution in [2.45, 2.75) is 65.6 Å². The minimum absolute atomic E-state index is 0.0160. The number of anilines is 2. The number of carbonyl (C=O) groups excluding carboxylic acids is 2. The molecule has 296 valence electrons. The van der Waals surface area contributed by atoms with E-state index in [1.165, 1.54) is 22.6 Å². The van der Waals surface area contributed by atoms with Gasteiger partial charge in [-0.15, -0.1) is 0 Å². The fourth-order valence-corrected chi connectivity index (χ4v) is 6.32. The number of pyridine rings is 1. The predicted molar refractivity (Wildman–Crippen MR) is 215 cm³/mol. The van der Waals surface area contributed by atoms with Crippen LogP contribution in [0.1, 0.15) is 86.4 Å². The Morgan fingerprint density at radius 3 is 2.27 bits per heavy atom. The van der Waals surface area contributed by atoms with Crippen LogP contribution in [0.2, 0.25) is 10.0 Å². The maximum absolute atomic E-state index is 14.2. The lowest BCUT2D eigenvalue weighted by molar-refractivity contribution is -0.152. The Morgan fingerprint density at radius 2 is 1.66 bits per heavy atom. The van der Waals surface area contributed by atoms with Gasteiger partial charge >= 0.3 is 11.9 Å². The van der Waals surface area contributed by atoms with Crippen LogP contribution in [0.25, 0.3) is 5.69 Å². The van der Waals surface area contributed by atoms with Crippen molar-refractivity contribution >= 4 is 46.8 Å². The summed E-state index contributed by atoms with van der Waals surface area (Å²) in [5.74, 6) is -0.567. The fourth-order valence-electron chi connectivity index (χ4n) is 5.97. The van der Waals surface area contributed by atoms with Crippen molar-refractivity contribution in [1.29, 1.82) is 0 Å². The van der Waals surface area contributed by atoms with Crippen molar-refractivity contribution in [3.63, 3.8) is 0 Å². The van der Waals surface area contributed by atoms with Crippen LogP contribution in [0.5, 0.6) is 11.6 Å². The standard InChI is InChI=1S/C40H45Cl2N7O7/c1-9-55-38(52)34-32(35(23(2)3)49(47-34)30-19-43-39(46-36(30)54-8)44-20-31(50)56-40(4,5)6)33(25-12-14-26(41)15-13-25)45-29-18-27(42)22-48(37(29)51)21-24-10-16-28(53-7)17-11-24/h10-19,22-23,33,45H,9,20-21H2,1-8H3,(H,43,44,46). The van der Waals surface area contributed by atoms with Crippen molar-refractivity contribution in [2.75, 3.05) is 38.0 Å². The summed E-state index contributed by atoms with van der Waals surface area (Å²) >= 11 is 13.0. The number of nitrogens with zero attached hydrogens (tertiary/aromatic N) is 5. The highest BCUT2D eigenvalue weighted by Gasteiger charge is 2.34. The second-order valence-electron chi connectivity index (χ2n) is 13.9. The zero-order valence-electron chi connectivity index (χ0n) is 32.5. The van der Waals surface area contributed by atoms with E-state index >= 15 is 0 Å². The molecule has 5 aromatic rings. The molecule has 0 fully saturated rings. The number of hydrogen-bond donors (Lipinski definition) is 2. The Bertz CT molecular complexity index is 2230. The Morgan fingerprint density at radius 1 is 0.964 bits per heavy atom. The number of carbonyl (C=O) groups is 2. The van der Waals surface area contributed by atoms with E-state index in [0.29, 0.717) is 38.3 Å². The molecule has 56 heavy (non-hydrogen) atoms. The normalized spacial score (nSPS) is 11.9. The van der Waals surface area contributed by atoms with E-state index < -0.39 is 23.6 Å². The zero-order valence-corrected chi connectivity index (χ0v) is 34.0. The smallest absolute Gasteiger partial charge is 0.359 e. The average molecular weight is 807 g/mol. The molecule has 1 atom stereocenters. The number of hydrogen-bond acceptors (Lipinski definition) is 12. The van der Waals surface area contributed by atoms with Gasteiger partial charge in [0, 0.05) is 16.8 Å². The third kappa shape index (κ3) is 9.98. The van der Waals surface area contributed by atoms with E-state index in [2.05, 4.69) is 20.6 Å². The Balaban J connectivity index is 1.66. The van der Waals surface area contributed by atoms with Gasteiger partial charge in [0.25, 0.3) is 5.56 Å². The molecule has 0 saturated heterocycles. The van der Waals surface area contributed by atoms with Crippen LogP contribution in [0.15, 0.2) is 71.8 Å². The van der Waals surface area contributed by atoms with Gasteiger partial charge in [-0.1, -0.05) is 61.3 Å². The summed E-state index contributed by atoms with van der Waals surface area (Å²) in [6.07, 6.45) is 3.04. The first kappa shape index (κ1) is 41.6. The molecular formula is C40H45Cl2N7O7. The Hall–Kier alpha value is -5.60. The molecule has 5 rings (SSSR count). The molecule has 0 saturated carbocycles. The minimum Gasteiger partial charge on any atom is -0.497 e. The molecule has 16 heteroatoms. The zero-order chi connectivity index (χ0) is 40.7. The van der Waals surface area contributed by atoms with E-state index in [0.717, 1.165) is 5.56 Å². The van der Waals surface area contributed by atoms with Crippen LogP contribution in [-0.4, -0.2) is 69.2 Å². The molecule has 0 radical (unpaired) electrons. The van der Waals surface area contributed by atoms with Crippen LogP contribution in [0.3, 0.4) is 0 Å². The van der Waals surface area contributed by atoms with E-state index in [1.54, 1.807) is 71.3 Å². The summed E-state index contributed by atoms with van der Waals surface area (Å²) in [7, 11) is 3.02. The second kappa shape index (κ2) is 17.9. The lowest BCUT2D eigenvalue weighted by Crippen LogP contribution is -2.28. The maximum atomic E-state index is 14.2. The van der Waals surface area contributed by atoms with Crippen molar-refractivity contribution in [3.05, 3.63) is 115 Å². The topological polar surface area (TPSA) is 161 Å². The van der Waals surface area contributed by atoms with Gasteiger partial charge in [-0.05, 0) is 75.1 Å². The molecular weight excluding hydrogens is 761 g/mol. The quantitative estimate of drug-likeness (QED) is 0.101. The molecule has 2 aromatic carbocycles. The first-order valence-corrected chi connectivity index (χ1v) is 18.6. The molecule has 0 amide bonds. The highest BCUT2D eigenvalue weighted by molar-refractivity contribution is 6.31. The maximum Gasteiger partial charge on any atom is 0.359 e. The molecule has 0 spiro atoms. The number of esters is 2. The largest absolute Gasteiger partial charge is 0.497 e. The average Bonchev–Trinajstić information content (AvgIpc) is 3.55. The number of halogens is 2. The van der Waals surface area contributed by atoms with Crippen molar-refractivity contribution < 1.29 is 28.5 Å². The molecule has 0 aliphatic rings. The molecule has 0 aliphatic heterocycles. The number of ether oxygens (including phenoxy) is 4. The lowest BCUT2D eigenvalue weighted by atomic mass is 9.92. The summed E-state index contributed by atoms with van der Waals surface area (Å²) in [4.78, 5) is 49.3. The van der Waals surface area contributed by atoms with Crippen LogP contribution in [-0.2, 0) is 20.8 Å². The van der Waals surface area contributed by atoms with E-state index in [9.17, 15) is 14.4 Å². The molecule has 1 unspecified atom stereocenters. The summed E-state index contributed by atoms with van der Waals surface area (Å²) < 4.78 is 24.9. The van der Waals surface area contributed by atoms with Gasteiger partial charge in [0.1, 0.15) is 29.3 Å². The number of nitrogens with one attached hydrogen (secondary N) is 2. The minimum atomic E-state index is -0.861. The monoisotopic (exact) mass is 805 g/mol. The third-order valence-corrected chi connectivity index (χ3v) is 8.76. The molecule has 0 bridgehead atoms. The van der Waals surface area contributed by atoms with Crippen molar-refractivity contribution in [2.24, 2.45) is 0 Å². The van der Waals surface area contributed by atoms with E-state index in [-0.39, 0.29) is 54.4 Å². The SMILES string of the molecule is CCOC(=O)c1nn(-c2cnc(NCC(=O)OC(C)(C)C)nc2OC)c(C(C)C)c1C(Nc1cc(Cl)cn(Cc2ccc(OC)cc2)c1=O)c1ccc(Cl)cc1. The van der Waals surface area contributed by atoms with Crippen LogP contribution in [0.4, 0.5) is 11.6 Å². The first-order valence-electron chi connectivity index (χ1n) is 17.8. The van der Waals surface area contributed by atoms with Gasteiger partial charge in [0.05, 0.1) is 50.3 Å². The van der Waals surface area contributed by atoms with Crippen LogP contribution < -0.4 is 25.7 Å². The fraction of sp³-hybridized carbons (Fsp3) is 0.350. The predicted octanol–water partition coefficient (Wildman–Crippen LogP) is 7.45. The van der Waals surface area contributed by atoms with E-state index in [1.807, 2.05) is 38.1 Å². The molecule has 0 aliphatic carbocycles.